The van der Waals surface area contributed by atoms with E-state index in [4.69, 9.17) is 5.11 Å². The minimum atomic E-state index is -4.74. The number of nitrogens with zero attached hydrogens (tertiary/aromatic N) is 2. The van der Waals surface area contributed by atoms with Crippen molar-refractivity contribution in [3.8, 4) is 0 Å². The number of hydrogen-bond acceptors (Lipinski definition) is 3. The molecule has 0 saturated carbocycles. The van der Waals surface area contributed by atoms with Crippen molar-refractivity contribution >= 4 is 5.97 Å². The molecule has 0 aliphatic heterocycles. The number of aliphatic carboxylic acids is 1. The molecule has 1 aromatic rings. The molecule has 84 valence electrons. The number of rotatable bonds is 3. The van der Waals surface area contributed by atoms with E-state index in [-0.39, 0.29) is 0 Å². The molecule has 0 fully saturated rings. The molecule has 0 bridgehead atoms. The maximum atomic E-state index is 12.0. The van der Waals surface area contributed by atoms with Gasteiger partial charge in [0, 0.05) is 0 Å². The molecule has 1 aromatic heterocycles. The van der Waals surface area contributed by atoms with Crippen LogP contribution in [0.2, 0.25) is 0 Å². The average molecular weight is 225 g/mol. The van der Waals surface area contributed by atoms with E-state index in [9.17, 15) is 22.8 Å². The van der Waals surface area contributed by atoms with Crippen LogP contribution in [-0.2, 0) is 17.5 Å². The third kappa shape index (κ3) is 2.82. The van der Waals surface area contributed by atoms with Crippen molar-refractivity contribution in [1.29, 1.82) is 0 Å². The lowest BCUT2D eigenvalue weighted by Crippen LogP contribution is -2.19. The summed E-state index contributed by atoms with van der Waals surface area (Å²) in [4.78, 5) is 22.4. The van der Waals surface area contributed by atoms with Crippen LogP contribution in [0.25, 0.3) is 0 Å². The first-order valence-electron chi connectivity index (χ1n) is 3.77. The Hall–Kier alpha value is -1.80. The molecule has 0 spiro atoms. The zero-order valence-electron chi connectivity index (χ0n) is 7.21. The highest BCUT2D eigenvalue weighted by molar-refractivity contribution is 5.66. The van der Waals surface area contributed by atoms with Gasteiger partial charge in [-0.25, -0.2) is 9.48 Å². The third-order valence-electron chi connectivity index (χ3n) is 1.49. The molecule has 1 heterocycles. The maximum absolute atomic E-state index is 12.0. The quantitative estimate of drug-likeness (QED) is 0.761. The van der Waals surface area contributed by atoms with E-state index in [0.29, 0.717) is 4.68 Å². The summed E-state index contributed by atoms with van der Waals surface area (Å²) in [5.41, 5.74) is -1.08. The SMILES string of the molecule is O=C(O)CCn1nc(C(F)(F)F)[nH]c1=O. The van der Waals surface area contributed by atoms with Gasteiger partial charge in [-0.15, -0.1) is 5.10 Å². The number of halogens is 3. The van der Waals surface area contributed by atoms with E-state index >= 15 is 0 Å². The van der Waals surface area contributed by atoms with E-state index in [0.717, 1.165) is 0 Å². The van der Waals surface area contributed by atoms with Crippen LogP contribution in [0.5, 0.6) is 0 Å². The van der Waals surface area contributed by atoms with Crippen LogP contribution in [0.4, 0.5) is 13.2 Å². The molecule has 1 rings (SSSR count). The average Bonchev–Trinajstić information content (AvgIpc) is 2.42. The molecule has 0 atom stereocenters. The monoisotopic (exact) mass is 225 g/mol. The zero-order chi connectivity index (χ0) is 11.6. The smallest absolute Gasteiger partial charge is 0.451 e. The number of H-pyrrole nitrogens is 1. The predicted molar refractivity (Wildman–Crippen MR) is 40.1 cm³/mol. The Morgan fingerprint density at radius 3 is 2.53 bits per heavy atom. The summed E-state index contributed by atoms with van der Waals surface area (Å²) in [5, 5.41) is 11.2. The topological polar surface area (TPSA) is 88.0 Å². The Balaban J connectivity index is 2.88. The van der Waals surface area contributed by atoms with Gasteiger partial charge in [0.2, 0.25) is 5.82 Å². The number of nitrogens with one attached hydrogen (secondary N) is 1. The van der Waals surface area contributed by atoms with Gasteiger partial charge < -0.3 is 5.11 Å². The number of carboxylic acids is 1. The van der Waals surface area contributed by atoms with Gasteiger partial charge in [0.25, 0.3) is 0 Å². The number of carboxylic acid groups (broad SMARTS) is 1. The summed E-state index contributed by atoms with van der Waals surface area (Å²) in [7, 11) is 0. The van der Waals surface area contributed by atoms with Crippen molar-refractivity contribution in [2.24, 2.45) is 0 Å². The van der Waals surface area contributed by atoms with E-state index in [2.05, 4.69) is 5.10 Å². The van der Waals surface area contributed by atoms with Crippen LogP contribution in [-0.4, -0.2) is 25.8 Å². The highest BCUT2D eigenvalue weighted by Crippen LogP contribution is 2.24. The fraction of sp³-hybridized carbons (Fsp3) is 0.500. The van der Waals surface area contributed by atoms with Crippen LogP contribution in [0, 0.1) is 0 Å². The van der Waals surface area contributed by atoms with E-state index < -0.39 is 36.6 Å². The number of aryl methyl sites for hydroxylation is 1. The molecular formula is C6H6F3N3O3. The standard InChI is InChI=1S/C6H6F3N3O3/c7-6(8,9)4-10-5(15)12(11-4)2-1-3(13)14/h1-2H2,(H,13,14)(H,10,11,15). The van der Waals surface area contributed by atoms with Gasteiger partial charge >= 0.3 is 17.8 Å². The summed E-state index contributed by atoms with van der Waals surface area (Å²) < 4.78 is 36.5. The number of aromatic nitrogens is 3. The largest absolute Gasteiger partial charge is 0.481 e. The minimum Gasteiger partial charge on any atom is -0.481 e. The Kier molecular flexibility index (Phi) is 2.82. The Labute approximate surface area is 80.3 Å². The van der Waals surface area contributed by atoms with Gasteiger partial charge in [-0.1, -0.05) is 0 Å². The Bertz CT molecular complexity index is 419. The van der Waals surface area contributed by atoms with E-state index in [1.807, 2.05) is 0 Å². The fourth-order valence-corrected chi connectivity index (χ4v) is 0.838. The van der Waals surface area contributed by atoms with Crippen molar-refractivity contribution in [1.82, 2.24) is 14.8 Å². The normalized spacial score (nSPS) is 11.7. The van der Waals surface area contributed by atoms with Crippen LogP contribution in [0.15, 0.2) is 4.79 Å². The molecule has 0 radical (unpaired) electrons. The number of alkyl halides is 3. The number of aromatic amines is 1. The molecule has 0 aliphatic carbocycles. The van der Waals surface area contributed by atoms with Gasteiger partial charge in [0.15, 0.2) is 0 Å². The lowest BCUT2D eigenvalue weighted by atomic mass is 10.4. The van der Waals surface area contributed by atoms with E-state index in [1.165, 1.54) is 4.98 Å². The highest BCUT2D eigenvalue weighted by atomic mass is 19.4. The molecule has 15 heavy (non-hydrogen) atoms. The van der Waals surface area contributed by atoms with Crippen LogP contribution < -0.4 is 5.69 Å². The molecule has 0 saturated heterocycles. The third-order valence-corrected chi connectivity index (χ3v) is 1.49. The summed E-state index contributed by atoms with van der Waals surface area (Å²) in [6.07, 6.45) is -5.21. The van der Waals surface area contributed by atoms with Crippen LogP contribution in [0.1, 0.15) is 12.2 Å². The van der Waals surface area contributed by atoms with Crippen LogP contribution in [0.3, 0.4) is 0 Å². The van der Waals surface area contributed by atoms with Crippen molar-refractivity contribution in [3.63, 3.8) is 0 Å². The summed E-state index contributed by atoms with van der Waals surface area (Å²) >= 11 is 0. The lowest BCUT2D eigenvalue weighted by molar-refractivity contribution is -0.145. The number of hydrogen-bond donors (Lipinski definition) is 2. The summed E-state index contributed by atoms with van der Waals surface area (Å²) in [6, 6.07) is 0. The number of carbonyl (C=O) groups is 1. The first-order valence-corrected chi connectivity index (χ1v) is 3.77. The Morgan fingerprint density at radius 2 is 2.13 bits per heavy atom. The molecule has 6 nitrogen and oxygen atoms in total. The Morgan fingerprint density at radius 1 is 1.53 bits per heavy atom. The van der Waals surface area contributed by atoms with Crippen molar-refractivity contribution < 1.29 is 23.1 Å². The van der Waals surface area contributed by atoms with Gasteiger partial charge in [-0.05, 0) is 0 Å². The molecule has 0 aromatic carbocycles. The first kappa shape index (κ1) is 11.3. The van der Waals surface area contributed by atoms with Crippen molar-refractivity contribution in [3.05, 3.63) is 16.3 Å². The van der Waals surface area contributed by atoms with Crippen LogP contribution >= 0.6 is 0 Å². The molecular weight excluding hydrogens is 219 g/mol. The van der Waals surface area contributed by atoms with Gasteiger partial charge in [0.05, 0.1) is 13.0 Å². The van der Waals surface area contributed by atoms with Gasteiger partial charge in [-0.2, -0.15) is 13.2 Å². The second-order valence-corrected chi connectivity index (χ2v) is 2.64. The van der Waals surface area contributed by atoms with Gasteiger partial charge in [0.1, 0.15) is 0 Å². The van der Waals surface area contributed by atoms with Crippen molar-refractivity contribution in [2.45, 2.75) is 19.1 Å². The molecule has 0 aliphatic rings. The van der Waals surface area contributed by atoms with Gasteiger partial charge in [-0.3, -0.25) is 9.78 Å². The highest BCUT2D eigenvalue weighted by Gasteiger charge is 2.35. The van der Waals surface area contributed by atoms with E-state index in [1.54, 1.807) is 0 Å². The maximum Gasteiger partial charge on any atom is 0.451 e. The molecule has 9 heteroatoms. The fourth-order valence-electron chi connectivity index (χ4n) is 0.838. The predicted octanol–water partition coefficient (Wildman–Crippen LogP) is 0.0649. The van der Waals surface area contributed by atoms with Crippen molar-refractivity contribution in [2.75, 3.05) is 0 Å². The summed E-state index contributed by atoms with van der Waals surface area (Å²) in [5.74, 6) is -2.66. The minimum absolute atomic E-state index is 0.402. The zero-order valence-corrected chi connectivity index (χ0v) is 7.21. The first-order chi connectivity index (χ1) is 6.80. The lowest BCUT2D eigenvalue weighted by Gasteiger charge is -1.99. The summed E-state index contributed by atoms with van der Waals surface area (Å²) in [6.45, 7) is -0.402. The molecule has 0 amide bonds. The molecule has 2 N–H and O–H groups in total. The molecule has 0 unspecified atom stereocenters. The second kappa shape index (κ2) is 3.75. The second-order valence-electron chi connectivity index (χ2n) is 2.64.